The molecule has 0 spiro atoms. The van der Waals surface area contributed by atoms with Gasteiger partial charge in [-0.25, -0.2) is 9.97 Å². The highest BCUT2D eigenvalue weighted by Crippen LogP contribution is 2.26. The predicted octanol–water partition coefficient (Wildman–Crippen LogP) is 3.04. The van der Waals surface area contributed by atoms with E-state index in [0.717, 1.165) is 31.2 Å². The first-order chi connectivity index (χ1) is 9.97. The Morgan fingerprint density at radius 2 is 2.14 bits per heavy atom. The molecule has 4 nitrogen and oxygen atoms in total. The monoisotopic (exact) mass is 308 g/mol. The predicted molar refractivity (Wildman–Crippen MR) is 92.2 cm³/mol. The standard InChI is InChI=1S/C16H28N4S/c1-11(2)16-18-9-15(14(19-16)8-17-12(3)4)20-6-7-21-13(5)10-20/h9,11-13,17H,6-8,10H2,1-5H3. The van der Waals surface area contributed by atoms with Gasteiger partial charge in [-0.05, 0) is 0 Å². The molecule has 1 atom stereocenters. The summed E-state index contributed by atoms with van der Waals surface area (Å²) in [7, 11) is 0. The molecule has 2 heterocycles. The molecule has 1 aliphatic heterocycles. The van der Waals surface area contributed by atoms with Crippen molar-refractivity contribution in [1.29, 1.82) is 0 Å². The van der Waals surface area contributed by atoms with E-state index in [9.17, 15) is 0 Å². The number of nitrogens with one attached hydrogen (secondary N) is 1. The smallest absolute Gasteiger partial charge is 0.131 e. The van der Waals surface area contributed by atoms with Crippen molar-refractivity contribution in [2.75, 3.05) is 23.7 Å². The number of anilines is 1. The van der Waals surface area contributed by atoms with Crippen LogP contribution in [0.2, 0.25) is 0 Å². The van der Waals surface area contributed by atoms with Gasteiger partial charge in [-0.1, -0.05) is 34.6 Å². The van der Waals surface area contributed by atoms with Crippen LogP contribution >= 0.6 is 11.8 Å². The fourth-order valence-electron chi connectivity index (χ4n) is 2.44. The van der Waals surface area contributed by atoms with Gasteiger partial charge in [0, 0.05) is 42.6 Å². The first-order valence-corrected chi connectivity index (χ1v) is 8.98. The molecule has 0 amide bonds. The fourth-order valence-corrected chi connectivity index (χ4v) is 3.45. The maximum atomic E-state index is 4.82. The molecule has 2 rings (SSSR count). The van der Waals surface area contributed by atoms with Crippen molar-refractivity contribution in [3.8, 4) is 0 Å². The summed E-state index contributed by atoms with van der Waals surface area (Å²) in [5, 5.41) is 4.17. The molecule has 0 radical (unpaired) electrons. The van der Waals surface area contributed by atoms with Crippen molar-refractivity contribution in [3.63, 3.8) is 0 Å². The van der Waals surface area contributed by atoms with Crippen molar-refractivity contribution in [1.82, 2.24) is 15.3 Å². The molecule has 1 aliphatic rings. The third-order valence-corrected chi connectivity index (χ3v) is 4.78. The van der Waals surface area contributed by atoms with Crippen molar-refractivity contribution in [2.24, 2.45) is 0 Å². The van der Waals surface area contributed by atoms with E-state index in [1.165, 1.54) is 11.4 Å². The van der Waals surface area contributed by atoms with Gasteiger partial charge < -0.3 is 10.2 Å². The van der Waals surface area contributed by atoms with Gasteiger partial charge in [-0.15, -0.1) is 0 Å². The highest BCUT2D eigenvalue weighted by molar-refractivity contribution is 8.00. The Labute approximate surface area is 133 Å². The minimum atomic E-state index is 0.368. The first-order valence-electron chi connectivity index (χ1n) is 7.93. The van der Waals surface area contributed by atoms with Gasteiger partial charge in [-0.3, -0.25) is 0 Å². The van der Waals surface area contributed by atoms with E-state index in [2.05, 4.69) is 61.6 Å². The normalized spacial score (nSPS) is 19.6. The van der Waals surface area contributed by atoms with E-state index < -0.39 is 0 Å². The zero-order chi connectivity index (χ0) is 15.4. The maximum absolute atomic E-state index is 4.82. The summed E-state index contributed by atoms with van der Waals surface area (Å²) >= 11 is 2.05. The number of hydrogen-bond acceptors (Lipinski definition) is 5. The SMILES string of the molecule is CC(C)NCc1nc(C(C)C)ncc1N1CCSC(C)C1. The van der Waals surface area contributed by atoms with E-state index in [-0.39, 0.29) is 0 Å². The van der Waals surface area contributed by atoms with Crippen molar-refractivity contribution < 1.29 is 0 Å². The molecule has 1 aromatic heterocycles. The summed E-state index contributed by atoms with van der Waals surface area (Å²) in [6.45, 7) is 13.9. The highest BCUT2D eigenvalue weighted by atomic mass is 32.2. The van der Waals surface area contributed by atoms with Crippen LogP contribution in [0, 0.1) is 0 Å². The molecule has 1 unspecified atom stereocenters. The summed E-state index contributed by atoms with van der Waals surface area (Å²) in [4.78, 5) is 11.8. The van der Waals surface area contributed by atoms with Gasteiger partial charge in [-0.2, -0.15) is 11.8 Å². The zero-order valence-corrected chi connectivity index (χ0v) is 14.7. The molecular weight excluding hydrogens is 280 g/mol. The van der Waals surface area contributed by atoms with Crippen LogP contribution in [0.15, 0.2) is 6.20 Å². The number of rotatable bonds is 5. The topological polar surface area (TPSA) is 41.1 Å². The summed E-state index contributed by atoms with van der Waals surface area (Å²) in [6, 6.07) is 0.464. The largest absolute Gasteiger partial charge is 0.367 e. The average molecular weight is 308 g/mol. The van der Waals surface area contributed by atoms with Crippen molar-refractivity contribution in [2.45, 2.75) is 58.4 Å². The van der Waals surface area contributed by atoms with Crippen LogP contribution in [0.4, 0.5) is 5.69 Å². The van der Waals surface area contributed by atoms with Gasteiger partial charge in [0.1, 0.15) is 5.82 Å². The van der Waals surface area contributed by atoms with Crippen molar-refractivity contribution in [3.05, 3.63) is 17.7 Å². The van der Waals surface area contributed by atoms with Crippen molar-refractivity contribution >= 4 is 17.4 Å². The molecule has 21 heavy (non-hydrogen) atoms. The van der Waals surface area contributed by atoms with E-state index in [4.69, 9.17) is 4.98 Å². The number of thioether (sulfide) groups is 1. The van der Waals surface area contributed by atoms with E-state index >= 15 is 0 Å². The van der Waals surface area contributed by atoms with Gasteiger partial charge in [0.2, 0.25) is 0 Å². The summed E-state index contributed by atoms with van der Waals surface area (Å²) in [6.07, 6.45) is 2.03. The second-order valence-corrected chi connectivity index (χ2v) is 7.92. The second kappa shape index (κ2) is 7.45. The quantitative estimate of drug-likeness (QED) is 0.905. The Bertz CT molecular complexity index is 462. The highest BCUT2D eigenvalue weighted by Gasteiger charge is 2.21. The van der Waals surface area contributed by atoms with E-state index in [0.29, 0.717) is 17.2 Å². The van der Waals surface area contributed by atoms with Gasteiger partial charge in [0.05, 0.1) is 17.6 Å². The van der Waals surface area contributed by atoms with Crippen LogP contribution in [0.5, 0.6) is 0 Å². The minimum Gasteiger partial charge on any atom is -0.367 e. The van der Waals surface area contributed by atoms with Crippen LogP contribution in [-0.4, -0.2) is 40.1 Å². The molecule has 1 N–H and O–H groups in total. The summed E-state index contributed by atoms with van der Waals surface area (Å²) in [5.41, 5.74) is 2.35. The number of nitrogens with zero attached hydrogens (tertiary/aromatic N) is 3. The molecule has 1 saturated heterocycles. The van der Waals surface area contributed by atoms with Gasteiger partial charge in [0.15, 0.2) is 0 Å². The lowest BCUT2D eigenvalue weighted by Gasteiger charge is -2.33. The third-order valence-electron chi connectivity index (χ3n) is 3.64. The van der Waals surface area contributed by atoms with Crippen LogP contribution in [0.25, 0.3) is 0 Å². The molecule has 0 bridgehead atoms. The molecule has 5 heteroatoms. The van der Waals surface area contributed by atoms with Crippen LogP contribution in [0.1, 0.15) is 52.1 Å². The van der Waals surface area contributed by atoms with Gasteiger partial charge in [0.25, 0.3) is 0 Å². The van der Waals surface area contributed by atoms with Crippen LogP contribution < -0.4 is 10.2 Å². The molecule has 118 valence electrons. The zero-order valence-electron chi connectivity index (χ0n) is 13.9. The van der Waals surface area contributed by atoms with Crippen LogP contribution in [0.3, 0.4) is 0 Å². The van der Waals surface area contributed by atoms with E-state index in [1.807, 2.05) is 6.20 Å². The molecule has 0 aliphatic carbocycles. The molecule has 1 fully saturated rings. The molecule has 0 aromatic carbocycles. The Morgan fingerprint density at radius 3 is 2.76 bits per heavy atom. The Morgan fingerprint density at radius 1 is 1.38 bits per heavy atom. The number of hydrogen-bond donors (Lipinski definition) is 1. The molecular formula is C16H28N4S. The lowest BCUT2D eigenvalue weighted by Crippen LogP contribution is -2.38. The first kappa shape index (κ1) is 16.6. The van der Waals surface area contributed by atoms with E-state index in [1.54, 1.807) is 0 Å². The van der Waals surface area contributed by atoms with Crippen LogP contribution in [-0.2, 0) is 6.54 Å². The summed E-state index contributed by atoms with van der Waals surface area (Å²) < 4.78 is 0. The number of aromatic nitrogens is 2. The Hall–Kier alpha value is -0.810. The maximum Gasteiger partial charge on any atom is 0.131 e. The average Bonchev–Trinajstić information content (AvgIpc) is 2.44. The second-order valence-electron chi connectivity index (χ2n) is 6.38. The lowest BCUT2D eigenvalue weighted by molar-refractivity contribution is 0.575. The molecule has 1 aromatic rings. The lowest BCUT2D eigenvalue weighted by atomic mass is 10.2. The fraction of sp³-hybridized carbons (Fsp3) is 0.750. The summed E-state index contributed by atoms with van der Waals surface area (Å²) in [5.74, 6) is 2.50. The molecule has 0 saturated carbocycles. The Balaban J connectivity index is 2.25. The third kappa shape index (κ3) is 4.58. The Kier molecular flexibility index (Phi) is 5.88. The minimum absolute atomic E-state index is 0.368. The van der Waals surface area contributed by atoms with Gasteiger partial charge >= 0.3 is 0 Å².